The number of benzene rings is 1. The molecule has 6 nitrogen and oxygen atoms in total. The summed E-state index contributed by atoms with van der Waals surface area (Å²) in [5.41, 5.74) is 0.990. The van der Waals surface area contributed by atoms with Crippen LogP contribution in [0.5, 0.6) is 11.5 Å². The molecule has 1 amide bonds. The molecule has 0 aliphatic carbocycles. The molecule has 1 aromatic carbocycles. The van der Waals surface area contributed by atoms with E-state index in [1.165, 1.54) is 0 Å². The number of hydrogen-bond acceptors (Lipinski definition) is 4. The Morgan fingerprint density at radius 2 is 2.26 bits per heavy atom. The van der Waals surface area contributed by atoms with Gasteiger partial charge in [-0.2, -0.15) is 0 Å². The number of carbonyl (C=O) groups is 2. The molecule has 6 heteroatoms. The summed E-state index contributed by atoms with van der Waals surface area (Å²) >= 11 is 0. The van der Waals surface area contributed by atoms with Crippen molar-refractivity contribution in [2.75, 3.05) is 20.3 Å². The van der Waals surface area contributed by atoms with Crippen LogP contribution in [-0.2, 0) is 16.0 Å². The van der Waals surface area contributed by atoms with Crippen LogP contribution in [0.3, 0.4) is 0 Å². The van der Waals surface area contributed by atoms with Gasteiger partial charge in [0, 0.05) is 18.7 Å². The second-order valence-electron chi connectivity index (χ2n) is 6.11. The molecule has 0 bridgehead atoms. The molecule has 3 rings (SSSR count). The number of carboxylic acid groups (broad SMARTS) is 1. The number of fused-ring (bicyclic) bond motifs is 1. The molecule has 2 unspecified atom stereocenters. The minimum atomic E-state index is -0.855. The van der Waals surface area contributed by atoms with Crippen molar-refractivity contribution < 1.29 is 24.2 Å². The smallest absolute Gasteiger partial charge is 0.305 e. The highest BCUT2D eigenvalue weighted by molar-refractivity contribution is 5.81. The van der Waals surface area contributed by atoms with Crippen molar-refractivity contribution in [3.8, 4) is 11.5 Å². The summed E-state index contributed by atoms with van der Waals surface area (Å²) in [4.78, 5) is 25.4. The molecular weight excluding hydrogens is 298 g/mol. The summed E-state index contributed by atoms with van der Waals surface area (Å²) in [6.07, 6.45) is 2.27. The summed E-state index contributed by atoms with van der Waals surface area (Å²) in [6, 6.07) is 5.43. The topological polar surface area (TPSA) is 76.1 Å². The lowest BCUT2D eigenvalue weighted by atomic mass is 9.95. The van der Waals surface area contributed by atoms with Crippen LogP contribution >= 0.6 is 0 Å². The summed E-state index contributed by atoms with van der Waals surface area (Å²) in [5, 5.41) is 8.99. The number of amides is 1. The third kappa shape index (κ3) is 3.25. The fourth-order valence-electron chi connectivity index (χ4n) is 3.41. The molecule has 2 aliphatic heterocycles. The average Bonchev–Trinajstić information content (AvgIpc) is 3.00. The van der Waals surface area contributed by atoms with Crippen LogP contribution in [0.15, 0.2) is 18.2 Å². The maximum atomic E-state index is 12.8. The highest BCUT2D eigenvalue weighted by Gasteiger charge is 2.36. The molecule has 0 aromatic heterocycles. The fraction of sp³-hybridized carbons (Fsp3) is 0.529. The van der Waals surface area contributed by atoms with Gasteiger partial charge >= 0.3 is 5.97 Å². The van der Waals surface area contributed by atoms with Crippen molar-refractivity contribution in [2.24, 2.45) is 5.92 Å². The molecule has 2 aliphatic rings. The number of likely N-dealkylation sites (tertiary alicyclic amines) is 1. The number of nitrogens with zero attached hydrogens (tertiary/aromatic N) is 1. The van der Waals surface area contributed by atoms with Crippen LogP contribution < -0.4 is 9.47 Å². The van der Waals surface area contributed by atoms with Gasteiger partial charge in [-0.15, -0.1) is 0 Å². The van der Waals surface area contributed by atoms with Crippen molar-refractivity contribution in [3.05, 3.63) is 23.8 Å². The molecule has 0 radical (unpaired) electrons. The number of aliphatic carboxylic acids is 1. The Labute approximate surface area is 135 Å². The van der Waals surface area contributed by atoms with E-state index in [-0.39, 0.29) is 24.3 Å². The first-order valence-electron chi connectivity index (χ1n) is 7.90. The highest BCUT2D eigenvalue weighted by Crippen LogP contribution is 2.33. The van der Waals surface area contributed by atoms with E-state index >= 15 is 0 Å². The van der Waals surface area contributed by atoms with E-state index in [0.717, 1.165) is 29.9 Å². The maximum Gasteiger partial charge on any atom is 0.305 e. The molecule has 23 heavy (non-hydrogen) atoms. The van der Waals surface area contributed by atoms with Crippen molar-refractivity contribution in [1.82, 2.24) is 4.90 Å². The Hall–Kier alpha value is -2.24. The van der Waals surface area contributed by atoms with Gasteiger partial charge in [0.2, 0.25) is 5.91 Å². The van der Waals surface area contributed by atoms with Crippen LogP contribution in [0, 0.1) is 5.92 Å². The zero-order valence-electron chi connectivity index (χ0n) is 13.2. The van der Waals surface area contributed by atoms with Crippen LogP contribution in [0.2, 0.25) is 0 Å². The molecule has 1 N–H and O–H groups in total. The quantitative estimate of drug-likeness (QED) is 0.914. The Morgan fingerprint density at radius 1 is 1.43 bits per heavy atom. The highest BCUT2D eigenvalue weighted by atomic mass is 16.5. The van der Waals surface area contributed by atoms with E-state index in [9.17, 15) is 9.59 Å². The van der Waals surface area contributed by atoms with Gasteiger partial charge in [0.1, 0.15) is 18.1 Å². The zero-order chi connectivity index (χ0) is 16.4. The van der Waals surface area contributed by atoms with E-state index in [2.05, 4.69) is 0 Å². The second-order valence-corrected chi connectivity index (χ2v) is 6.11. The third-order valence-electron chi connectivity index (χ3n) is 4.60. The van der Waals surface area contributed by atoms with Gasteiger partial charge in [-0.05, 0) is 30.9 Å². The van der Waals surface area contributed by atoms with Crippen molar-refractivity contribution >= 4 is 11.9 Å². The molecule has 0 saturated carbocycles. The van der Waals surface area contributed by atoms with Gasteiger partial charge < -0.3 is 19.5 Å². The Kier molecular flexibility index (Phi) is 4.41. The SMILES string of the molecule is COc1ccc2c(c1)OCC(C(=O)N1CCCC1CC(=O)O)C2. The van der Waals surface area contributed by atoms with E-state index in [0.29, 0.717) is 19.6 Å². The molecule has 1 saturated heterocycles. The lowest BCUT2D eigenvalue weighted by Crippen LogP contribution is -2.44. The maximum absolute atomic E-state index is 12.8. The summed E-state index contributed by atoms with van der Waals surface area (Å²) < 4.78 is 10.9. The van der Waals surface area contributed by atoms with Gasteiger partial charge in [-0.1, -0.05) is 6.07 Å². The molecule has 1 aromatic rings. The van der Waals surface area contributed by atoms with Crippen molar-refractivity contribution in [3.63, 3.8) is 0 Å². The summed E-state index contributed by atoms with van der Waals surface area (Å²) in [5.74, 6) is 0.402. The Bertz CT molecular complexity index is 615. The number of carboxylic acids is 1. The zero-order valence-corrected chi connectivity index (χ0v) is 13.2. The largest absolute Gasteiger partial charge is 0.497 e. The summed E-state index contributed by atoms with van der Waals surface area (Å²) in [6.45, 7) is 0.970. The van der Waals surface area contributed by atoms with E-state index in [1.807, 2.05) is 18.2 Å². The summed E-state index contributed by atoms with van der Waals surface area (Å²) in [7, 11) is 1.60. The Morgan fingerprint density at radius 3 is 3.00 bits per heavy atom. The number of ether oxygens (including phenoxy) is 2. The van der Waals surface area contributed by atoms with Crippen molar-refractivity contribution in [2.45, 2.75) is 31.7 Å². The molecule has 0 spiro atoms. The molecule has 124 valence electrons. The predicted octanol–water partition coefficient (Wildman–Crippen LogP) is 1.71. The first-order valence-corrected chi connectivity index (χ1v) is 7.90. The van der Waals surface area contributed by atoms with Crippen LogP contribution in [0.25, 0.3) is 0 Å². The minimum Gasteiger partial charge on any atom is -0.497 e. The number of carbonyl (C=O) groups excluding carboxylic acids is 1. The number of methoxy groups -OCH3 is 1. The molecular formula is C17H21NO5. The Balaban J connectivity index is 1.70. The van der Waals surface area contributed by atoms with Gasteiger partial charge in [-0.3, -0.25) is 9.59 Å². The predicted molar refractivity (Wildman–Crippen MR) is 82.7 cm³/mol. The van der Waals surface area contributed by atoms with Crippen LogP contribution in [-0.4, -0.2) is 48.2 Å². The van der Waals surface area contributed by atoms with Crippen LogP contribution in [0.4, 0.5) is 0 Å². The van der Waals surface area contributed by atoms with E-state index in [4.69, 9.17) is 14.6 Å². The average molecular weight is 319 g/mol. The second kappa shape index (κ2) is 6.48. The number of rotatable bonds is 4. The van der Waals surface area contributed by atoms with E-state index < -0.39 is 5.97 Å². The third-order valence-corrected chi connectivity index (χ3v) is 4.60. The first-order chi connectivity index (χ1) is 11.1. The van der Waals surface area contributed by atoms with Crippen LogP contribution in [0.1, 0.15) is 24.8 Å². The molecule has 2 heterocycles. The minimum absolute atomic E-state index is 0.00946. The monoisotopic (exact) mass is 319 g/mol. The normalized spacial score (nSPS) is 23.1. The lowest BCUT2D eigenvalue weighted by molar-refractivity contribution is -0.141. The molecule has 1 fully saturated rings. The van der Waals surface area contributed by atoms with Gasteiger partial charge in [0.15, 0.2) is 0 Å². The standard InChI is InChI=1S/C17H21NO5/c1-22-14-5-4-11-7-12(10-23-15(11)9-14)17(21)18-6-2-3-13(18)8-16(19)20/h4-5,9,12-13H,2-3,6-8,10H2,1H3,(H,19,20). The van der Waals surface area contributed by atoms with Gasteiger partial charge in [-0.25, -0.2) is 0 Å². The number of hydrogen-bond donors (Lipinski definition) is 1. The first kappa shape index (κ1) is 15.6. The van der Waals surface area contributed by atoms with Crippen molar-refractivity contribution in [1.29, 1.82) is 0 Å². The van der Waals surface area contributed by atoms with E-state index in [1.54, 1.807) is 12.0 Å². The lowest BCUT2D eigenvalue weighted by Gasteiger charge is -2.31. The molecule has 2 atom stereocenters. The van der Waals surface area contributed by atoms with Gasteiger partial charge in [0.25, 0.3) is 0 Å². The van der Waals surface area contributed by atoms with Gasteiger partial charge in [0.05, 0.1) is 19.4 Å². The fourth-order valence-corrected chi connectivity index (χ4v) is 3.41.